The first-order valence-corrected chi connectivity index (χ1v) is 11.4. The molecule has 1 saturated carbocycles. The number of nitrogens with zero attached hydrogens (tertiary/aromatic N) is 4. The van der Waals surface area contributed by atoms with Gasteiger partial charge in [-0.1, -0.05) is 6.92 Å². The van der Waals surface area contributed by atoms with Crippen molar-refractivity contribution in [3.63, 3.8) is 0 Å². The van der Waals surface area contributed by atoms with Crippen molar-refractivity contribution in [1.82, 2.24) is 14.9 Å². The Balaban J connectivity index is 1.41. The second-order valence-corrected chi connectivity index (χ2v) is 9.43. The fourth-order valence-electron chi connectivity index (χ4n) is 5.53. The summed E-state index contributed by atoms with van der Waals surface area (Å²) in [6, 6.07) is 3.94. The van der Waals surface area contributed by atoms with E-state index in [4.69, 9.17) is 4.98 Å². The Morgan fingerprint density at radius 2 is 1.79 bits per heavy atom. The van der Waals surface area contributed by atoms with E-state index in [1.54, 1.807) is 0 Å². The summed E-state index contributed by atoms with van der Waals surface area (Å²) in [5, 5.41) is 0. The molecular formula is C23H36N4O. The van der Waals surface area contributed by atoms with Gasteiger partial charge in [-0.05, 0) is 64.4 Å². The summed E-state index contributed by atoms with van der Waals surface area (Å²) in [7, 11) is 0. The molecule has 0 spiro atoms. The number of hydrogen-bond donors (Lipinski definition) is 0. The minimum absolute atomic E-state index is 0.415. The number of aromatic nitrogens is 2. The summed E-state index contributed by atoms with van der Waals surface area (Å²) < 4.78 is 0. The third kappa shape index (κ3) is 4.10. The van der Waals surface area contributed by atoms with Gasteiger partial charge in [0.1, 0.15) is 17.4 Å². The van der Waals surface area contributed by atoms with Crippen molar-refractivity contribution < 1.29 is 4.79 Å². The quantitative estimate of drug-likeness (QED) is 0.736. The van der Waals surface area contributed by atoms with E-state index >= 15 is 0 Å². The smallest absolute Gasteiger partial charge is 0.133 e. The van der Waals surface area contributed by atoms with Gasteiger partial charge in [0, 0.05) is 56.2 Å². The van der Waals surface area contributed by atoms with Crippen LogP contribution >= 0.6 is 0 Å². The van der Waals surface area contributed by atoms with Gasteiger partial charge in [-0.2, -0.15) is 0 Å². The van der Waals surface area contributed by atoms with Crippen molar-refractivity contribution in [1.29, 1.82) is 0 Å². The molecule has 2 aliphatic heterocycles. The molecule has 1 aliphatic carbocycles. The van der Waals surface area contributed by atoms with Crippen LogP contribution in [0.1, 0.15) is 83.9 Å². The number of rotatable bonds is 6. The van der Waals surface area contributed by atoms with Crippen molar-refractivity contribution in [2.75, 3.05) is 18.0 Å². The van der Waals surface area contributed by atoms with E-state index in [9.17, 15) is 4.79 Å². The minimum Gasteiger partial charge on any atom is -0.348 e. The van der Waals surface area contributed by atoms with Crippen LogP contribution in [0, 0.1) is 5.92 Å². The first-order chi connectivity index (χ1) is 13.5. The van der Waals surface area contributed by atoms with Gasteiger partial charge in [-0.15, -0.1) is 0 Å². The lowest BCUT2D eigenvalue weighted by atomic mass is 9.79. The Morgan fingerprint density at radius 3 is 2.39 bits per heavy atom. The van der Waals surface area contributed by atoms with Gasteiger partial charge in [-0.25, -0.2) is 9.97 Å². The van der Waals surface area contributed by atoms with E-state index < -0.39 is 0 Å². The largest absolute Gasteiger partial charge is 0.348 e. The number of piperazine rings is 1. The summed E-state index contributed by atoms with van der Waals surface area (Å²) in [5.74, 6) is 3.62. The van der Waals surface area contributed by atoms with Crippen molar-refractivity contribution in [3.05, 3.63) is 18.1 Å². The normalized spacial score (nSPS) is 30.8. The highest BCUT2D eigenvalue weighted by molar-refractivity contribution is 5.78. The molecular weight excluding hydrogens is 348 g/mol. The molecule has 5 nitrogen and oxygen atoms in total. The minimum atomic E-state index is 0.415. The first-order valence-electron chi connectivity index (χ1n) is 11.4. The lowest BCUT2D eigenvalue weighted by Gasteiger charge is -2.43. The number of carbonyl (C=O) groups excluding carboxylic acids is 1. The summed E-state index contributed by atoms with van der Waals surface area (Å²) in [6.45, 7) is 8.90. The topological polar surface area (TPSA) is 49.3 Å². The summed E-state index contributed by atoms with van der Waals surface area (Å²) in [4.78, 5) is 26.7. The van der Waals surface area contributed by atoms with E-state index in [1.165, 1.54) is 12.8 Å². The second-order valence-electron chi connectivity index (χ2n) is 9.43. The average molecular weight is 385 g/mol. The monoisotopic (exact) mass is 384 g/mol. The molecule has 3 heterocycles. The molecule has 2 saturated heterocycles. The number of Topliss-reactive ketones (excluding diaryl/α,β-unsaturated/α-hetero) is 1. The van der Waals surface area contributed by atoms with Crippen LogP contribution in [0.5, 0.6) is 0 Å². The van der Waals surface area contributed by atoms with Gasteiger partial charge in [0.05, 0.1) is 0 Å². The fraction of sp³-hybridized carbons (Fsp3) is 0.783. The van der Waals surface area contributed by atoms with E-state index in [0.29, 0.717) is 42.2 Å². The Hall–Kier alpha value is -1.49. The third-order valence-corrected chi connectivity index (χ3v) is 7.29. The van der Waals surface area contributed by atoms with Crippen LogP contribution in [0.4, 0.5) is 5.82 Å². The maximum Gasteiger partial charge on any atom is 0.133 e. The number of carbonyl (C=O) groups is 1. The summed E-state index contributed by atoms with van der Waals surface area (Å²) in [6.07, 6.45) is 10.5. The standard InChI is InChI=1S/C23H36N4O/c1-4-21(28)13-17-5-7-18(8-6-17)23-24-12-11-22(25-23)27-19-9-10-20(27)15-26(14-19)16(2)3/h11-12,16-20H,4-10,13-15H2,1-3H3/t17-,18+,19?,20?. The molecule has 0 aromatic carbocycles. The van der Waals surface area contributed by atoms with Crippen LogP contribution in [-0.4, -0.2) is 51.9 Å². The molecule has 1 aromatic rings. The van der Waals surface area contributed by atoms with E-state index in [2.05, 4.69) is 34.7 Å². The SMILES string of the molecule is CCC(=O)C[C@H]1CC[C@@H](c2nccc(N3C4CCC3CN(C(C)C)C4)n2)CC1. The Morgan fingerprint density at radius 1 is 1.11 bits per heavy atom. The van der Waals surface area contributed by atoms with Crippen LogP contribution in [0.3, 0.4) is 0 Å². The van der Waals surface area contributed by atoms with Crippen LogP contribution in [0.25, 0.3) is 0 Å². The first kappa shape index (κ1) is 19.8. The highest BCUT2D eigenvalue weighted by Crippen LogP contribution is 2.38. The number of ketones is 1. The molecule has 2 bridgehead atoms. The number of hydrogen-bond acceptors (Lipinski definition) is 5. The van der Waals surface area contributed by atoms with Gasteiger partial charge >= 0.3 is 0 Å². The second kappa shape index (κ2) is 8.48. The van der Waals surface area contributed by atoms with E-state index in [0.717, 1.165) is 56.8 Å². The highest BCUT2D eigenvalue weighted by atomic mass is 16.1. The molecule has 28 heavy (non-hydrogen) atoms. The Kier molecular flexibility index (Phi) is 6.00. The average Bonchev–Trinajstić information content (AvgIpc) is 2.97. The molecule has 0 amide bonds. The Bertz CT molecular complexity index is 669. The molecule has 3 fully saturated rings. The molecule has 5 heteroatoms. The van der Waals surface area contributed by atoms with Gasteiger partial charge < -0.3 is 4.90 Å². The predicted molar refractivity (Wildman–Crippen MR) is 113 cm³/mol. The lowest BCUT2D eigenvalue weighted by Crippen LogP contribution is -2.55. The van der Waals surface area contributed by atoms with Crippen molar-refractivity contribution in [2.24, 2.45) is 5.92 Å². The molecule has 3 aliphatic rings. The van der Waals surface area contributed by atoms with Gasteiger partial charge in [0.2, 0.25) is 0 Å². The third-order valence-electron chi connectivity index (χ3n) is 7.29. The molecule has 2 atom stereocenters. The molecule has 0 N–H and O–H groups in total. The van der Waals surface area contributed by atoms with Crippen LogP contribution < -0.4 is 4.90 Å². The zero-order valence-electron chi connectivity index (χ0n) is 17.8. The zero-order chi connectivity index (χ0) is 19.7. The van der Waals surface area contributed by atoms with Gasteiger partial charge in [-0.3, -0.25) is 9.69 Å². The summed E-state index contributed by atoms with van der Waals surface area (Å²) in [5.41, 5.74) is 0. The molecule has 2 unspecified atom stereocenters. The van der Waals surface area contributed by atoms with Gasteiger partial charge in [0.15, 0.2) is 0 Å². The van der Waals surface area contributed by atoms with Crippen molar-refractivity contribution in [3.8, 4) is 0 Å². The van der Waals surface area contributed by atoms with Crippen molar-refractivity contribution >= 4 is 11.6 Å². The number of likely N-dealkylation sites (tertiary alicyclic amines) is 1. The highest BCUT2D eigenvalue weighted by Gasteiger charge is 2.41. The molecule has 1 aromatic heterocycles. The van der Waals surface area contributed by atoms with Crippen LogP contribution in [-0.2, 0) is 4.79 Å². The maximum atomic E-state index is 11.8. The predicted octanol–water partition coefficient (Wildman–Crippen LogP) is 4.18. The number of anilines is 1. The fourth-order valence-corrected chi connectivity index (χ4v) is 5.53. The molecule has 154 valence electrons. The van der Waals surface area contributed by atoms with Crippen LogP contribution in [0.15, 0.2) is 12.3 Å². The summed E-state index contributed by atoms with van der Waals surface area (Å²) >= 11 is 0. The lowest BCUT2D eigenvalue weighted by molar-refractivity contribution is -0.119. The van der Waals surface area contributed by atoms with E-state index in [1.807, 2.05) is 13.1 Å². The van der Waals surface area contributed by atoms with Gasteiger partial charge in [0.25, 0.3) is 0 Å². The number of fused-ring (bicyclic) bond motifs is 2. The Labute approximate surface area is 169 Å². The maximum absolute atomic E-state index is 11.8. The molecule has 4 rings (SSSR count). The van der Waals surface area contributed by atoms with Crippen molar-refractivity contribution in [2.45, 2.75) is 96.2 Å². The van der Waals surface area contributed by atoms with E-state index in [-0.39, 0.29) is 0 Å². The zero-order valence-corrected chi connectivity index (χ0v) is 17.8. The molecule has 0 radical (unpaired) electrons. The van der Waals surface area contributed by atoms with Crippen LogP contribution in [0.2, 0.25) is 0 Å².